The maximum Gasteiger partial charge on any atom is 0.0935 e. The fraction of sp³-hybridized carbons (Fsp3) is 0.438. The molecule has 19 heavy (non-hydrogen) atoms. The maximum atomic E-state index is 4.75. The predicted molar refractivity (Wildman–Crippen MR) is 83.6 cm³/mol. The van der Waals surface area contributed by atoms with E-state index in [1.807, 2.05) is 6.07 Å². The molecule has 0 aliphatic carbocycles. The highest BCUT2D eigenvalue weighted by atomic mass is 32.1. The van der Waals surface area contributed by atoms with E-state index in [0.717, 1.165) is 25.2 Å². The van der Waals surface area contributed by atoms with E-state index in [1.165, 1.54) is 17.0 Å². The normalized spacial score (nSPS) is 12.5. The summed E-state index contributed by atoms with van der Waals surface area (Å²) in [6, 6.07) is 10.4. The molecule has 1 N–H and O–H groups in total. The monoisotopic (exact) mass is 274 g/mol. The Morgan fingerprint density at radius 2 is 2.05 bits per heavy atom. The summed E-state index contributed by atoms with van der Waals surface area (Å²) < 4.78 is 0. The van der Waals surface area contributed by atoms with Crippen LogP contribution in [0.25, 0.3) is 11.3 Å². The van der Waals surface area contributed by atoms with Gasteiger partial charge in [-0.05, 0) is 25.4 Å². The Morgan fingerprint density at radius 3 is 2.79 bits per heavy atom. The highest BCUT2D eigenvalue weighted by Crippen LogP contribution is 2.23. The standard InChI is InChI=1S/C16H22N2S/c1-3-17-10-9-13(2)11-16-18-15(12-19-16)14-7-5-4-6-8-14/h4-8,12-13,17H,3,9-11H2,1-2H3. The van der Waals surface area contributed by atoms with Crippen LogP contribution in [0.5, 0.6) is 0 Å². The second kappa shape index (κ2) is 7.41. The quantitative estimate of drug-likeness (QED) is 0.772. The third kappa shape index (κ3) is 4.44. The van der Waals surface area contributed by atoms with Crippen molar-refractivity contribution in [1.82, 2.24) is 10.3 Å². The van der Waals surface area contributed by atoms with E-state index in [9.17, 15) is 0 Å². The first-order valence-corrected chi connectivity index (χ1v) is 7.88. The fourth-order valence-corrected chi connectivity index (χ4v) is 3.04. The highest BCUT2D eigenvalue weighted by molar-refractivity contribution is 7.09. The van der Waals surface area contributed by atoms with E-state index >= 15 is 0 Å². The average molecular weight is 274 g/mol. The molecule has 0 saturated heterocycles. The van der Waals surface area contributed by atoms with Crippen LogP contribution >= 0.6 is 11.3 Å². The third-order valence-corrected chi connectivity index (χ3v) is 4.08. The zero-order chi connectivity index (χ0) is 13.5. The highest BCUT2D eigenvalue weighted by Gasteiger charge is 2.08. The lowest BCUT2D eigenvalue weighted by atomic mass is 10.0. The second-order valence-corrected chi connectivity index (χ2v) is 5.89. The Labute approximate surface area is 119 Å². The molecule has 1 unspecified atom stereocenters. The Bertz CT molecular complexity index is 479. The van der Waals surface area contributed by atoms with Gasteiger partial charge in [-0.2, -0.15) is 0 Å². The van der Waals surface area contributed by atoms with Crippen LogP contribution in [-0.4, -0.2) is 18.1 Å². The minimum absolute atomic E-state index is 0.689. The predicted octanol–water partition coefficient (Wildman–Crippen LogP) is 3.99. The van der Waals surface area contributed by atoms with Crippen LogP contribution < -0.4 is 5.32 Å². The van der Waals surface area contributed by atoms with E-state index in [2.05, 4.69) is 48.8 Å². The van der Waals surface area contributed by atoms with Gasteiger partial charge >= 0.3 is 0 Å². The molecule has 2 rings (SSSR count). The van der Waals surface area contributed by atoms with E-state index in [-0.39, 0.29) is 0 Å². The molecule has 1 heterocycles. The summed E-state index contributed by atoms with van der Waals surface area (Å²) in [6.07, 6.45) is 2.30. The molecule has 0 spiro atoms. The van der Waals surface area contributed by atoms with E-state index in [0.29, 0.717) is 5.92 Å². The minimum Gasteiger partial charge on any atom is -0.317 e. The zero-order valence-electron chi connectivity index (χ0n) is 11.7. The van der Waals surface area contributed by atoms with Crippen molar-refractivity contribution in [3.8, 4) is 11.3 Å². The molecular formula is C16H22N2S. The van der Waals surface area contributed by atoms with E-state index in [1.54, 1.807) is 11.3 Å². The first-order valence-electron chi connectivity index (χ1n) is 7.00. The summed E-state index contributed by atoms with van der Waals surface area (Å²) in [5.41, 5.74) is 2.32. The Hall–Kier alpha value is -1.19. The van der Waals surface area contributed by atoms with Crippen LogP contribution in [0.1, 0.15) is 25.3 Å². The number of hydrogen-bond donors (Lipinski definition) is 1. The molecule has 102 valence electrons. The van der Waals surface area contributed by atoms with Crippen molar-refractivity contribution in [2.75, 3.05) is 13.1 Å². The molecule has 3 heteroatoms. The number of rotatable bonds is 7. The first-order chi connectivity index (χ1) is 9.29. The molecule has 0 fully saturated rings. The van der Waals surface area contributed by atoms with Crippen molar-refractivity contribution >= 4 is 11.3 Å². The van der Waals surface area contributed by atoms with Crippen LogP contribution in [0.3, 0.4) is 0 Å². The molecule has 0 aliphatic heterocycles. The molecule has 0 amide bonds. The summed E-state index contributed by atoms with van der Waals surface area (Å²) in [4.78, 5) is 4.75. The lowest BCUT2D eigenvalue weighted by molar-refractivity contribution is 0.503. The molecule has 2 aromatic rings. The molecule has 1 aromatic heterocycles. The maximum absolute atomic E-state index is 4.75. The van der Waals surface area contributed by atoms with Crippen LogP contribution in [0.2, 0.25) is 0 Å². The van der Waals surface area contributed by atoms with Crippen molar-refractivity contribution < 1.29 is 0 Å². The van der Waals surface area contributed by atoms with Gasteiger partial charge in [0.1, 0.15) is 0 Å². The van der Waals surface area contributed by atoms with Gasteiger partial charge in [0.15, 0.2) is 0 Å². The number of benzene rings is 1. The van der Waals surface area contributed by atoms with Gasteiger partial charge in [0.05, 0.1) is 10.7 Å². The van der Waals surface area contributed by atoms with Gasteiger partial charge in [0.25, 0.3) is 0 Å². The number of thiazole rings is 1. The van der Waals surface area contributed by atoms with Gasteiger partial charge in [-0.3, -0.25) is 0 Å². The number of nitrogens with one attached hydrogen (secondary N) is 1. The molecule has 0 radical (unpaired) electrons. The average Bonchev–Trinajstić information content (AvgIpc) is 2.88. The van der Waals surface area contributed by atoms with Crippen LogP contribution in [0.15, 0.2) is 35.7 Å². The summed E-state index contributed by atoms with van der Waals surface area (Å²) in [5, 5.41) is 6.80. The molecule has 1 aromatic carbocycles. The zero-order valence-corrected chi connectivity index (χ0v) is 12.5. The van der Waals surface area contributed by atoms with Gasteiger partial charge in [-0.15, -0.1) is 11.3 Å². The number of hydrogen-bond acceptors (Lipinski definition) is 3. The fourth-order valence-electron chi connectivity index (χ4n) is 2.07. The van der Waals surface area contributed by atoms with Crippen LogP contribution in [0, 0.1) is 5.92 Å². The third-order valence-electron chi connectivity index (χ3n) is 3.21. The minimum atomic E-state index is 0.689. The molecule has 0 saturated carbocycles. The Morgan fingerprint density at radius 1 is 1.26 bits per heavy atom. The topological polar surface area (TPSA) is 24.9 Å². The van der Waals surface area contributed by atoms with Crippen LogP contribution in [-0.2, 0) is 6.42 Å². The van der Waals surface area contributed by atoms with Crippen molar-refractivity contribution in [1.29, 1.82) is 0 Å². The van der Waals surface area contributed by atoms with Crippen molar-refractivity contribution in [2.24, 2.45) is 5.92 Å². The summed E-state index contributed by atoms with van der Waals surface area (Å²) in [7, 11) is 0. The number of nitrogens with zero attached hydrogens (tertiary/aromatic N) is 1. The molecule has 0 bridgehead atoms. The Balaban J connectivity index is 1.91. The van der Waals surface area contributed by atoms with Gasteiger partial charge in [0.2, 0.25) is 0 Å². The van der Waals surface area contributed by atoms with E-state index < -0.39 is 0 Å². The largest absolute Gasteiger partial charge is 0.317 e. The van der Waals surface area contributed by atoms with Crippen molar-refractivity contribution in [3.63, 3.8) is 0 Å². The van der Waals surface area contributed by atoms with E-state index in [4.69, 9.17) is 4.98 Å². The molecule has 2 nitrogen and oxygen atoms in total. The van der Waals surface area contributed by atoms with Crippen molar-refractivity contribution in [3.05, 3.63) is 40.7 Å². The smallest absolute Gasteiger partial charge is 0.0935 e. The van der Waals surface area contributed by atoms with Gasteiger partial charge in [-0.25, -0.2) is 4.98 Å². The van der Waals surface area contributed by atoms with Crippen LogP contribution in [0.4, 0.5) is 0 Å². The number of aromatic nitrogens is 1. The second-order valence-electron chi connectivity index (χ2n) is 4.94. The summed E-state index contributed by atoms with van der Waals surface area (Å²) in [5.74, 6) is 0.689. The first kappa shape index (κ1) is 14.2. The van der Waals surface area contributed by atoms with Gasteiger partial charge in [-0.1, -0.05) is 44.2 Å². The Kier molecular flexibility index (Phi) is 5.55. The molecular weight excluding hydrogens is 252 g/mol. The molecule has 0 aliphatic rings. The lowest BCUT2D eigenvalue weighted by Crippen LogP contribution is -2.17. The lowest BCUT2D eigenvalue weighted by Gasteiger charge is -2.09. The SMILES string of the molecule is CCNCCC(C)Cc1nc(-c2ccccc2)cs1. The summed E-state index contributed by atoms with van der Waals surface area (Å²) >= 11 is 1.78. The van der Waals surface area contributed by atoms with Gasteiger partial charge in [0, 0.05) is 17.4 Å². The molecule has 1 atom stereocenters. The van der Waals surface area contributed by atoms with Gasteiger partial charge < -0.3 is 5.32 Å². The summed E-state index contributed by atoms with van der Waals surface area (Å²) in [6.45, 7) is 6.62. The van der Waals surface area contributed by atoms with Crippen molar-refractivity contribution in [2.45, 2.75) is 26.7 Å².